The van der Waals surface area contributed by atoms with E-state index in [0.717, 1.165) is 6.07 Å². The number of alkyl halides is 3. The zero-order chi connectivity index (χ0) is 33.9. The van der Waals surface area contributed by atoms with Gasteiger partial charge in [0.25, 0.3) is 5.91 Å². The molecular weight excluding hydrogens is 707 g/mol. The molecule has 5 aromatic rings. The first-order valence-electron chi connectivity index (χ1n) is 13.6. The van der Waals surface area contributed by atoms with E-state index in [1.165, 1.54) is 56.6 Å². The van der Waals surface area contributed by atoms with Crippen LogP contribution in [0.5, 0.6) is 17.2 Å². The van der Waals surface area contributed by atoms with Gasteiger partial charge in [0.2, 0.25) is 0 Å². The molecule has 5 rings (SSSR count). The predicted molar refractivity (Wildman–Crippen MR) is 172 cm³/mol. The summed E-state index contributed by atoms with van der Waals surface area (Å²) in [5.74, 6) is -1.89. The van der Waals surface area contributed by atoms with Gasteiger partial charge >= 0.3 is 18.1 Å². The van der Waals surface area contributed by atoms with E-state index in [9.17, 15) is 27.6 Å². The number of para-hydroxylation sites is 1. The number of esters is 2. The molecule has 0 atom stereocenters. The summed E-state index contributed by atoms with van der Waals surface area (Å²) in [6, 6.07) is 18.9. The third-order valence-electron chi connectivity index (χ3n) is 6.71. The van der Waals surface area contributed by atoms with Gasteiger partial charge in [-0.1, -0.05) is 57.9 Å². The SMILES string of the molecule is COc1cc(C(=O)Oc2ccc(Br)cc2C=NNC(=O)c2[nH]c3c(C(F)(F)F)cccc3c2-c2ccccc2Cl)ccc1OC(C)=O. The van der Waals surface area contributed by atoms with Gasteiger partial charge in [0, 0.05) is 38.5 Å². The molecule has 0 spiro atoms. The molecule has 1 amide bonds. The van der Waals surface area contributed by atoms with Crippen LogP contribution < -0.4 is 19.6 Å². The number of rotatable bonds is 8. The number of aromatic amines is 1. The van der Waals surface area contributed by atoms with E-state index in [2.05, 4.69) is 31.4 Å². The summed E-state index contributed by atoms with van der Waals surface area (Å²) >= 11 is 9.74. The Bertz CT molecular complexity index is 2060. The van der Waals surface area contributed by atoms with Crippen LogP contribution in [0.2, 0.25) is 5.02 Å². The van der Waals surface area contributed by atoms with Gasteiger partial charge in [0.05, 0.1) is 30.0 Å². The number of aromatic nitrogens is 1. The van der Waals surface area contributed by atoms with Crippen molar-refractivity contribution in [2.24, 2.45) is 5.10 Å². The van der Waals surface area contributed by atoms with Gasteiger partial charge in [-0.05, 0) is 48.5 Å². The van der Waals surface area contributed by atoms with E-state index in [1.807, 2.05) is 0 Å². The van der Waals surface area contributed by atoms with Crippen molar-refractivity contribution < 1.29 is 41.8 Å². The van der Waals surface area contributed by atoms with Crippen LogP contribution in [0.1, 0.15) is 38.9 Å². The van der Waals surface area contributed by atoms with Crippen molar-refractivity contribution in [3.63, 3.8) is 0 Å². The van der Waals surface area contributed by atoms with Crippen LogP contribution in [-0.2, 0) is 11.0 Å². The number of carbonyl (C=O) groups excluding carboxylic acids is 3. The number of hydrogen-bond acceptors (Lipinski definition) is 7. The van der Waals surface area contributed by atoms with E-state index in [1.54, 1.807) is 36.4 Å². The fraction of sp³-hybridized carbons (Fsp3) is 0.0909. The van der Waals surface area contributed by atoms with Crippen molar-refractivity contribution in [3.05, 3.63) is 111 Å². The molecule has 0 saturated carbocycles. The highest BCUT2D eigenvalue weighted by Gasteiger charge is 2.35. The molecule has 4 aromatic carbocycles. The monoisotopic (exact) mass is 727 g/mol. The average molecular weight is 729 g/mol. The minimum atomic E-state index is -4.70. The molecule has 47 heavy (non-hydrogen) atoms. The first-order valence-corrected chi connectivity index (χ1v) is 14.7. The van der Waals surface area contributed by atoms with Gasteiger partial charge in [-0.2, -0.15) is 18.3 Å². The lowest BCUT2D eigenvalue weighted by Crippen LogP contribution is -2.19. The number of H-pyrrole nitrogens is 1. The fourth-order valence-corrected chi connectivity index (χ4v) is 5.30. The standard InChI is InChI=1S/C33H22BrClF3N3O6/c1-17(42)46-26-12-10-18(15-27(26)45-2)32(44)47-25-13-11-20(34)14-19(25)16-39-41-31(43)30-28(21-6-3-4-9-24(21)35)22-7-5-8-23(29(22)40-30)33(36,37)38/h3-16,40H,1-2H3,(H,41,43). The predicted octanol–water partition coefficient (Wildman–Crippen LogP) is 8.19. The number of halogens is 5. The number of methoxy groups -OCH3 is 1. The normalized spacial score (nSPS) is 11.5. The Morgan fingerprint density at radius 3 is 2.38 bits per heavy atom. The molecule has 1 heterocycles. The largest absolute Gasteiger partial charge is 0.493 e. The Kier molecular flexibility index (Phi) is 9.68. The smallest absolute Gasteiger partial charge is 0.418 e. The molecule has 1 aromatic heterocycles. The number of nitrogens with one attached hydrogen (secondary N) is 2. The van der Waals surface area contributed by atoms with Crippen molar-refractivity contribution in [3.8, 4) is 28.4 Å². The lowest BCUT2D eigenvalue weighted by molar-refractivity contribution is -0.136. The number of ether oxygens (including phenoxy) is 3. The van der Waals surface area contributed by atoms with Crippen LogP contribution in [0, 0.1) is 0 Å². The van der Waals surface area contributed by atoms with Crippen molar-refractivity contribution in [1.29, 1.82) is 0 Å². The maximum absolute atomic E-state index is 13.9. The molecule has 0 saturated heterocycles. The maximum atomic E-state index is 13.9. The number of hydrogen-bond donors (Lipinski definition) is 2. The van der Waals surface area contributed by atoms with E-state index in [0.29, 0.717) is 10.0 Å². The number of hydrazone groups is 1. The van der Waals surface area contributed by atoms with Gasteiger partial charge in [-0.3, -0.25) is 9.59 Å². The highest BCUT2D eigenvalue weighted by atomic mass is 79.9. The second kappa shape index (κ2) is 13.7. The molecule has 9 nitrogen and oxygen atoms in total. The Labute approximate surface area is 278 Å². The zero-order valence-electron chi connectivity index (χ0n) is 24.4. The third kappa shape index (κ3) is 7.31. The third-order valence-corrected chi connectivity index (χ3v) is 7.53. The minimum absolute atomic E-state index is 0.0661. The van der Waals surface area contributed by atoms with Crippen LogP contribution >= 0.6 is 27.5 Å². The summed E-state index contributed by atoms with van der Waals surface area (Å²) in [6.07, 6.45) is -3.49. The number of benzene rings is 4. The second-order valence-electron chi connectivity index (χ2n) is 9.81. The first kappa shape index (κ1) is 33.2. The van der Waals surface area contributed by atoms with Crippen molar-refractivity contribution >= 4 is 62.5 Å². The number of carbonyl (C=O) groups is 3. The Morgan fingerprint density at radius 2 is 1.68 bits per heavy atom. The van der Waals surface area contributed by atoms with E-state index in [-0.39, 0.29) is 55.6 Å². The van der Waals surface area contributed by atoms with Gasteiger partial charge in [-0.15, -0.1) is 0 Å². The summed E-state index contributed by atoms with van der Waals surface area (Å²) in [4.78, 5) is 40.4. The summed E-state index contributed by atoms with van der Waals surface area (Å²) < 4.78 is 58.0. The number of fused-ring (bicyclic) bond motifs is 1. The van der Waals surface area contributed by atoms with E-state index < -0.39 is 29.6 Å². The molecule has 0 aliphatic rings. The summed E-state index contributed by atoms with van der Waals surface area (Å²) in [6.45, 7) is 1.22. The molecule has 0 fully saturated rings. The first-order chi connectivity index (χ1) is 22.4. The molecule has 0 radical (unpaired) electrons. The lowest BCUT2D eigenvalue weighted by Gasteiger charge is -2.11. The van der Waals surface area contributed by atoms with Crippen LogP contribution in [-0.4, -0.2) is 36.2 Å². The summed E-state index contributed by atoms with van der Waals surface area (Å²) in [5, 5.41) is 4.35. The average Bonchev–Trinajstić information content (AvgIpc) is 3.41. The highest BCUT2D eigenvalue weighted by molar-refractivity contribution is 9.10. The van der Waals surface area contributed by atoms with Crippen molar-refractivity contribution in [1.82, 2.24) is 10.4 Å². The summed E-state index contributed by atoms with van der Waals surface area (Å²) in [5.41, 5.74) is 1.73. The van der Waals surface area contributed by atoms with Gasteiger partial charge < -0.3 is 19.2 Å². The Hall–Kier alpha value is -5.14. The van der Waals surface area contributed by atoms with Crippen molar-refractivity contribution in [2.45, 2.75) is 13.1 Å². The Morgan fingerprint density at radius 1 is 0.936 bits per heavy atom. The minimum Gasteiger partial charge on any atom is -0.493 e. The summed E-state index contributed by atoms with van der Waals surface area (Å²) in [7, 11) is 1.34. The fourth-order valence-electron chi connectivity index (χ4n) is 4.69. The van der Waals surface area contributed by atoms with Crippen LogP contribution in [0.25, 0.3) is 22.0 Å². The lowest BCUT2D eigenvalue weighted by atomic mass is 10.00. The number of amides is 1. The molecule has 0 bridgehead atoms. The van der Waals surface area contributed by atoms with Gasteiger partial charge in [0.1, 0.15) is 11.4 Å². The van der Waals surface area contributed by atoms with Crippen LogP contribution in [0.3, 0.4) is 0 Å². The van der Waals surface area contributed by atoms with Gasteiger partial charge in [0.15, 0.2) is 11.5 Å². The molecule has 240 valence electrons. The maximum Gasteiger partial charge on any atom is 0.418 e. The van der Waals surface area contributed by atoms with Gasteiger partial charge in [-0.25, -0.2) is 10.2 Å². The highest BCUT2D eigenvalue weighted by Crippen LogP contribution is 2.41. The molecular formula is C33H22BrClF3N3O6. The topological polar surface area (TPSA) is 119 Å². The quantitative estimate of drug-likeness (QED) is 0.0720. The molecule has 0 unspecified atom stereocenters. The molecule has 0 aliphatic heterocycles. The zero-order valence-corrected chi connectivity index (χ0v) is 26.7. The van der Waals surface area contributed by atoms with Crippen LogP contribution in [0.4, 0.5) is 13.2 Å². The Balaban J connectivity index is 1.44. The molecule has 14 heteroatoms. The molecule has 2 N–H and O–H groups in total. The van der Waals surface area contributed by atoms with E-state index >= 15 is 0 Å². The van der Waals surface area contributed by atoms with E-state index in [4.69, 9.17) is 25.8 Å². The number of nitrogens with zero attached hydrogens (tertiary/aromatic N) is 1. The van der Waals surface area contributed by atoms with Crippen molar-refractivity contribution in [2.75, 3.05) is 7.11 Å². The molecule has 0 aliphatic carbocycles. The second-order valence-corrected chi connectivity index (χ2v) is 11.1. The van der Waals surface area contributed by atoms with Crippen LogP contribution in [0.15, 0.2) is 88.4 Å².